The van der Waals surface area contributed by atoms with Gasteiger partial charge in [0.15, 0.2) is 0 Å². The predicted octanol–water partition coefficient (Wildman–Crippen LogP) is 1.82. The minimum atomic E-state index is 0.0156. The van der Waals surface area contributed by atoms with Crippen molar-refractivity contribution < 1.29 is 4.79 Å². The molecule has 0 N–H and O–H groups in total. The fraction of sp³-hybridized carbons (Fsp3) is 0.450. The van der Waals surface area contributed by atoms with Crippen LogP contribution in [0.4, 0.5) is 5.95 Å². The third-order valence-electron chi connectivity index (χ3n) is 5.41. The van der Waals surface area contributed by atoms with Crippen LogP contribution in [0.25, 0.3) is 0 Å². The van der Waals surface area contributed by atoms with Gasteiger partial charge in [-0.1, -0.05) is 31.2 Å². The van der Waals surface area contributed by atoms with Crippen LogP contribution >= 0.6 is 0 Å². The number of amides is 1. The molecule has 1 fully saturated rings. The Kier molecular flexibility index (Phi) is 4.84. The van der Waals surface area contributed by atoms with Crippen LogP contribution in [0.2, 0.25) is 0 Å². The molecule has 0 bridgehead atoms. The van der Waals surface area contributed by atoms with E-state index < -0.39 is 0 Å². The number of carbonyl (C=O) groups is 1. The van der Waals surface area contributed by atoms with Gasteiger partial charge in [0.25, 0.3) is 5.91 Å². The summed E-state index contributed by atoms with van der Waals surface area (Å²) in [6, 6.07) is 8.34. The van der Waals surface area contributed by atoms with Crippen LogP contribution < -0.4 is 4.90 Å². The number of carbonyl (C=O) groups excluding carboxylic acids is 1. The molecule has 0 saturated carbocycles. The summed E-state index contributed by atoms with van der Waals surface area (Å²) in [6.45, 7) is 8.62. The fourth-order valence-electron chi connectivity index (χ4n) is 3.71. The fourth-order valence-corrected chi connectivity index (χ4v) is 3.71. The highest BCUT2D eigenvalue weighted by Gasteiger charge is 2.23. The van der Waals surface area contributed by atoms with Gasteiger partial charge in [-0.15, -0.1) is 0 Å². The van der Waals surface area contributed by atoms with E-state index in [1.54, 1.807) is 12.4 Å². The van der Waals surface area contributed by atoms with Crippen molar-refractivity contribution in [3.8, 4) is 0 Å². The van der Waals surface area contributed by atoms with Crippen molar-refractivity contribution in [3.05, 3.63) is 53.3 Å². The lowest BCUT2D eigenvalue weighted by molar-refractivity contribution is 0.0734. The summed E-state index contributed by atoms with van der Waals surface area (Å²) in [4.78, 5) is 28.2. The zero-order valence-corrected chi connectivity index (χ0v) is 15.3. The molecule has 26 heavy (non-hydrogen) atoms. The van der Waals surface area contributed by atoms with Gasteiger partial charge in [0.05, 0.1) is 5.56 Å². The highest BCUT2D eigenvalue weighted by Crippen LogP contribution is 2.20. The van der Waals surface area contributed by atoms with Gasteiger partial charge in [0.1, 0.15) is 0 Å². The number of rotatable bonds is 3. The molecule has 4 rings (SSSR count). The monoisotopic (exact) mass is 351 g/mol. The highest BCUT2D eigenvalue weighted by atomic mass is 16.2. The summed E-state index contributed by atoms with van der Waals surface area (Å²) in [5, 5.41) is 0. The van der Waals surface area contributed by atoms with E-state index in [4.69, 9.17) is 0 Å². The largest absolute Gasteiger partial charge is 0.338 e. The number of nitrogens with zero attached hydrogens (tertiary/aromatic N) is 5. The Morgan fingerprint density at radius 1 is 1.00 bits per heavy atom. The van der Waals surface area contributed by atoms with Crippen molar-refractivity contribution >= 4 is 11.9 Å². The number of aromatic nitrogens is 2. The minimum Gasteiger partial charge on any atom is -0.338 e. The maximum atomic E-state index is 12.8. The maximum absolute atomic E-state index is 12.8. The van der Waals surface area contributed by atoms with Gasteiger partial charge >= 0.3 is 0 Å². The molecule has 2 aliphatic rings. The van der Waals surface area contributed by atoms with E-state index in [0.29, 0.717) is 12.1 Å². The minimum absolute atomic E-state index is 0.0156. The number of piperazine rings is 1. The molecule has 6 heteroatoms. The number of anilines is 1. The quantitative estimate of drug-likeness (QED) is 0.844. The van der Waals surface area contributed by atoms with Crippen molar-refractivity contribution in [3.63, 3.8) is 0 Å². The molecule has 1 amide bonds. The Bertz CT molecular complexity index is 768. The van der Waals surface area contributed by atoms with Gasteiger partial charge < -0.3 is 14.7 Å². The van der Waals surface area contributed by atoms with E-state index in [0.717, 1.165) is 51.6 Å². The zero-order chi connectivity index (χ0) is 17.9. The van der Waals surface area contributed by atoms with Crippen LogP contribution in [-0.2, 0) is 13.0 Å². The average Bonchev–Trinajstić information content (AvgIpc) is 2.73. The molecular formula is C20H25N5O. The summed E-state index contributed by atoms with van der Waals surface area (Å²) in [6.07, 6.45) is 4.26. The predicted molar refractivity (Wildman–Crippen MR) is 101 cm³/mol. The van der Waals surface area contributed by atoms with E-state index in [9.17, 15) is 4.79 Å². The van der Waals surface area contributed by atoms with Crippen LogP contribution in [0, 0.1) is 0 Å². The van der Waals surface area contributed by atoms with Crippen LogP contribution in [-0.4, -0.2) is 64.9 Å². The van der Waals surface area contributed by atoms with Gasteiger partial charge in [-0.3, -0.25) is 4.79 Å². The van der Waals surface area contributed by atoms with Gasteiger partial charge in [-0.25, -0.2) is 9.97 Å². The number of fused-ring (bicyclic) bond motifs is 1. The summed E-state index contributed by atoms with van der Waals surface area (Å²) < 4.78 is 0. The molecular weight excluding hydrogens is 326 g/mol. The van der Waals surface area contributed by atoms with E-state index in [-0.39, 0.29) is 5.91 Å². The summed E-state index contributed by atoms with van der Waals surface area (Å²) >= 11 is 0. The van der Waals surface area contributed by atoms with Crippen LogP contribution in [0.3, 0.4) is 0 Å². The van der Waals surface area contributed by atoms with E-state index in [1.807, 2.05) is 11.0 Å². The normalized spacial score (nSPS) is 17.9. The standard InChI is InChI=1S/C20H25N5O/c1-2-23-9-11-24(12-10-23)20-21-13-18(14-22-20)19(26)25-8-7-16-5-3-4-6-17(16)15-25/h3-6,13-14H,2,7-12,15H2,1H3. The number of likely N-dealkylation sites (N-methyl/N-ethyl adjacent to an activating group) is 1. The first-order valence-electron chi connectivity index (χ1n) is 9.40. The SMILES string of the molecule is CCN1CCN(c2ncc(C(=O)N3CCc4ccccc4C3)cn2)CC1. The number of hydrogen-bond acceptors (Lipinski definition) is 5. The van der Waals surface area contributed by atoms with E-state index >= 15 is 0 Å². The molecule has 1 aromatic heterocycles. The van der Waals surface area contributed by atoms with Gasteiger partial charge in [-0.2, -0.15) is 0 Å². The van der Waals surface area contributed by atoms with Gasteiger partial charge in [-0.05, 0) is 24.1 Å². The molecule has 2 aromatic rings. The third-order valence-corrected chi connectivity index (χ3v) is 5.41. The maximum Gasteiger partial charge on any atom is 0.257 e. The Morgan fingerprint density at radius 2 is 1.69 bits per heavy atom. The summed E-state index contributed by atoms with van der Waals surface area (Å²) in [5.41, 5.74) is 3.15. The van der Waals surface area contributed by atoms with Crippen LogP contribution in [0.5, 0.6) is 0 Å². The van der Waals surface area contributed by atoms with Crippen LogP contribution in [0.1, 0.15) is 28.4 Å². The molecule has 0 unspecified atom stereocenters. The number of hydrogen-bond donors (Lipinski definition) is 0. The lowest BCUT2D eigenvalue weighted by Crippen LogP contribution is -2.46. The summed E-state index contributed by atoms with van der Waals surface area (Å²) in [7, 11) is 0. The summed E-state index contributed by atoms with van der Waals surface area (Å²) in [5.74, 6) is 0.739. The van der Waals surface area contributed by atoms with Gasteiger partial charge in [0.2, 0.25) is 5.95 Å². The third kappa shape index (κ3) is 3.42. The Labute approximate surface area is 154 Å². The highest BCUT2D eigenvalue weighted by molar-refractivity contribution is 5.93. The smallest absolute Gasteiger partial charge is 0.257 e. The second-order valence-corrected chi connectivity index (χ2v) is 6.94. The molecule has 1 aromatic carbocycles. The zero-order valence-electron chi connectivity index (χ0n) is 15.3. The molecule has 1 saturated heterocycles. The molecule has 2 aliphatic heterocycles. The number of benzene rings is 1. The first kappa shape index (κ1) is 17.0. The Hall–Kier alpha value is -2.47. The second-order valence-electron chi connectivity index (χ2n) is 6.94. The topological polar surface area (TPSA) is 52.6 Å². The molecule has 0 spiro atoms. The lowest BCUT2D eigenvalue weighted by Gasteiger charge is -2.34. The van der Waals surface area contributed by atoms with Crippen molar-refractivity contribution in [1.29, 1.82) is 0 Å². The first-order chi connectivity index (χ1) is 12.7. The van der Waals surface area contributed by atoms with Crippen molar-refractivity contribution in [2.75, 3.05) is 44.2 Å². The van der Waals surface area contributed by atoms with Crippen LogP contribution in [0.15, 0.2) is 36.7 Å². The molecule has 136 valence electrons. The molecule has 0 radical (unpaired) electrons. The molecule has 0 aliphatic carbocycles. The molecule has 0 atom stereocenters. The van der Waals surface area contributed by atoms with E-state index in [1.165, 1.54) is 11.1 Å². The Balaban J connectivity index is 1.42. The second kappa shape index (κ2) is 7.41. The molecule has 3 heterocycles. The van der Waals surface area contributed by atoms with Crippen molar-refractivity contribution in [2.24, 2.45) is 0 Å². The Morgan fingerprint density at radius 3 is 2.38 bits per heavy atom. The lowest BCUT2D eigenvalue weighted by atomic mass is 9.99. The van der Waals surface area contributed by atoms with E-state index in [2.05, 4.69) is 44.9 Å². The van der Waals surface area contributed by atoms with Crippen molar-refractivity contribution in [1.82, 2.24) is 19.8 Å². The van der Waals surface area contributed by atoms with Crippen molar-refractivity contribution in [2.45, 2.75) is 19.9 Å². The first-order valence-corrected chi connectivity index (χ1v) is 9.40. The average molecular weight is 351 g/mol. The van der Waals surface area contributed by atoms with Gasteiger partial charge in [0, 0.05) is 51.7 Å². The molecule has 6 nitrogen and oxygen atoms in total.